The lowest BCUT2D eigenvalue weighted by molar-refractivity contribution is -0.108. The highest BCUT2D eigenvalue weighted by Gasteiger charge is 2.30. The minimum atomic E-state index is -1.05. The average molecular weight is 428 g/mol. The molecule has 2 heterocycles. The van der Waals surface area contributed by atoms with Crippen LogP contribution < -0.4 is 9.64 Å². The van der Waals surface area contributed by atoms with Crippen molar-refractivity contribution in [2.24, 2.45) is 5.41 Å². The van der Waals surface area contributed by atoms with Gasteiger partial charge in [0.2, 0.25) is 6.41 Å². The molecule has 0 unspecified atom stereocenters. The molecule has 0 aromatic carbocycles. The molecule has 1 amide bonds. The number of hydrogen-bond donors (Lipinski definition) is 1. The largest absolute Gasteiger partial charge is 0.489 e. The van der Waals surface area contributed by atoms with Gasteiger partial charge in [0.1, 0.15) is 10.6 Å². The van der Waals surface area contributed by atoms with Gasteiger partial charge < -0.3 is 14.7 Å². The van der Waals surface area contributed by atoms with E-state index in [-0.39, 0.29) is 22.4 Å². The summed E-state index contributed by atoms with van der Waals surface area (Å²) in [5.41, 5.74) is 0.226. The Kier molecular flexibility index (Phi) is 6.73. The summed E-state index contributed by atoms with van der Waals surface area (Å²) in [5, 5.41) is 17.2. The lowest BCUT2D eigenvalue weighted by atomic mass is 9.91. The number of nitrogens with zero attached hydrogens (tertiary/aromatic N) is 3. The van der Waals surface area contributed by atoms with E-state index in [9.17, 15) is 14.7 Å². The van der Waals surface area contributed by atoms with Crippen LogP contribution in [0, 0.1) is 17.3 Å². The summed E-state index contributed by atoms with van der Waals surface area (Å²) < 4.78 is 5.93. The third kappa shape index (κ3) is 5.57. The van der Waals surface area contributed by atoms with Crippen molar-refractivity contribution in [3.63, 3.8) is 0 Å². The molecule has 1 aliphatic rings. The van der Waals surface area contributed by atoms with Crippen LogP contribution in [0.1, 0.15) is 61.0 Å². The van der Waals surface area contributed by atoms with E-state index < -0.39 is 5.97 Å². The molecule has 3 rings (SSSR count). The van der Waals surface area contributed by atoms with Crippen molar-refractivity contribution in [1.82, 2.24) is 10.2 Å². The number of carboxylic acid groups (broad SMARTS) is 1. The van der Waals surface area contributed by atoms with Gasteiger partial charge in [0.05, 0.1) is 29.1 Å². The fraction of sp³-hybridized carbons (Fsp3) is 0.455. The van der Waals surface area contributed by atoms with E-state index in [4.69, 9.17) is 4.74 Å². The monoisotopic (exact) mass is 427 g/mol. The van der Waals surface area contributed by atoms with E-state index in [0.29, 0.717) is 16.3 Å². The Labute approximate surface area is 180 Å². The van der Waals surface area contributed by atoms with E-state index in [1.54, 1.807) is 29.4 Å². The van der Waals surface area contributed by atoms with Gasteiger partial charge in [-0.25, -0.2) is 4.79 Å². The lowest BCUT2D eigenvalue weighted by Crippen LogP contribution is -2.39. The smallest absolute Gasteiger partial charge is 0.348 e. The van der Waals surface area contributed by atoms with Gasteiger partial charge >= 0.3 is 5.97 Å². The fourth-order valence-electron chi connectivity index (χ4n) is 3.36. The summed E-state index contributed by atoms with van der Waals surface area (Å²) in [4.78, 5) is 26.1. The number of aromatic carboxylic acids is 1. The number of anilines is 1. The maximum atomic E-state index is 11.9. The topological polar surface area (TPSA) is 92.6 Å². The van der Waals surface area contributed by atoms with Crippen LogP contribution in [0.15, 0.2) is 24.5 Å². The van der Waals surface area contributed by atoms with Crippen LogP contribution in [0.4, 0.5) is 5.69 Å². The van der Waals surface area contributed by atoms with Crippen LogP contribution in [-0.4, -0.2) is 39.8 Å². The van der Waals surface area contributed by atoms with Gasteiger partial charge in [0.15, 0.2) is 0 Å². The molecule has 7 nitrogen and oxygen atoms in total. The predicted molar refractivity (Wildman–Crippen MR) is 115 cm³/mol. The summed E-state index contributed by atoms with van der Waals surface area (Å²) >= 11 is 1.11. The number of carbonyl (C=O) groups excluding carboxylic acids is 1. The molecular formula is C22H25N3O4S. The zero-order valence-electron chi connectivity index (χ0n) is 17.3. The Morgan fingerprint density at radius 3 is 2.60 bits per heavy atom. The van der Waals surface area contributed by atoms with Crippen LogP contribution in [0.25, 0.3) is 0 Å². The molecule has 0 atom stereocenters. The SMILES string of the molecule is CC(C)(C)C#Cc1cc(N(C=O)C2CCC(Oc3ccnnc3)CC2)c(C(=O)O)s1. The summed E-state index contributed by atoms with van der Waals surface area (Å²) in [6, 6.07) is 3.41. The molecule has 0 aliphatic heterocycles. The van der Waals surface area contributed by atoms with Gasteiger partial charge in [-0.05, 0) is 52.5 Å². The van der Waals surface area contributed by atoms with Gasteiger partial charge in [-0.2, -0.15) is 10.2 Å². The standard InChI is InChI=1S/C22H25N3O4S/c1-22(2,3)10-8-18-12-19(20(30-18)21(27)28)25(14-26)15-4-6-16(7-5-15)29-17-9-11-23-24-13-17/h9,11-16H,4-7H2,1-3H3,(H,27,28). The third-order valence-corrected chi connectivity index (χ3v) is 5.78. The van der Waals surface area contributed by atoms with Crippen molar-refractivity contribution in [2.45, 2.75) is 58.6 Å². The van der Waals surface area contributed by atoms with Crippen molar-refractivity contribution in [1.29, 1.82) is 0 Å². The Balaban J connectivity index is 1.74. The molecule has 158 valence electrons. The lowest BCUT2D eigenvalue weighted by Gasteiger charge is -2.34. The number of ether oxygens (including phenoxy) is 1. The molecule has 1 aliphatic carbocycles. The van der Waals surface area contributed by atoms with E-state index in [1.165, 1.54) is 0 Å². The van der Waals surface area contributed by atoms with Crippen molar-refractivity contribution in [2.75, 3.05) is 4.90 Å². The first-order valence-electron chi connectivity index (χ1n) is 9.84. The fourth-order valence-corrected chi connectivity index (χ4v) is 4.21. The number of thiophene rings is 1. The summed E-state index contributed by atoms with van der Waals surface area (Å²) in [7, 11) is 0. The second-order valence-corrected chi connectivity index (χ2v) is 9.32. The van der Waals surface area contributed by atoms with E-state index in [0.717, 1.165) is 43.4 Å². The number of carbonyl (C=O) groups is 2. The predicted octanol–water partition coefficient (Wildman–Crippen LogP) is 3.99. The maximum Gasteiger partial charge on any atom is 0.348 e. The van der Waals surface area contributed by atoms with Gasteiger partial charge in [-0.3, -0.25) is 4.79 Å². The zero-order chi connectivity index (χ0) is 21.7. The molecule has 0 spiro atoms. The molecule has 1 saturated carbocycles. The molecule has 1 fully saturated rings. The summed E-state index contributed by atoms with van der Waals surface area (Å²) in [6.07, 6.45) is 6.90. The highest BCUT2D eigenvalue weighted by atomic mass is 32.1. The highest BCUT2D eigenvalue weighted by Crippen LogP contribution is 2.35. The van der Waals surface area contributed by atoms with E-state index in [1.807, 2.05) is 20.8 Å². The number of rotatable bonds is 6. The van der Waals surface area contributed by atoms with Gasteiger partial charge in [0.25, 0.3) is 0 Å². The number of hydrogen-bond acceptors (Lipinski definition) is 6. The summed E-state index contributed by atoms with van der Waals surface area (Å²) in [5.74, 6) is 5.79. The molecule has 0 saturated heterocycles. The Morgan fingerprint density at radius 2 is 2.03 bits per heavy atom. The van der Waals surface area contributed by atoms with Crippen LogP contribution >= 0.6 is 11.3 Å². The van der Waals surface area contributed by atoms with Crippen LogP contribution in [-0.2, 0) is 4.79 Å². The van der Waals surface area contributed by atoms with E-state index in [2.05, 4.69) is 22.0 Å². The number of amides is 1. The van der Waals surface area contributed by atoms with Crippen molar-refractivity contribution in [3.8, 4) is 17.6 Å². The van der Waals surface area contributed by atoms with Crippen molar-refractivity contribution < 1.29 is 19.4 Å². The third-order valence-electron chi connectivity index (χ3n) is 4.76. The summed E-state index contributed by atoms with van der Waals surface area (Å²) in [6.45, 7) is 5.98. The van der Waals surface area contributed by atoms with E-state index >= 15 is 0 Å². The molecular weight excluding hydrogens is 402 g/mol. The van der Waals surface area contributed by atoms with Crippen LogP contribution in [0.2, 0.25) is 0 Å². The average Bonchev–Trinajstić information content (AvgIpc) is 3.13. The molecule has 0 bridgehead atoms. The molecule has 1 N–H and O–H groups in total. The highest BCUT2D eigenvalue weighted by molar-refractivity contribution is 7.15. The molecule has 0 radical (unpaired) electrons. The normalized spacial score (nSPS) is 18.8. The second-order valence-electron chi connectivity index (χ2n) is 8.27. The van der Waals surface area contributed by atoms with Crippen LogP contribution in [0.3, 0.4) is 0 Å². The number of aromatic nitrogens is 2. The van der Waals surface area contributed by atoms with Gasteiger partial charge in [-0.15, -0.1) is 11.3 Å². The van der Waals surface area contributed by atoms with Crippen LogP contribution in [0.5, 0.6) is 5.75 Å². The molecule has 2 aromatic rings. The van der Waals surface area contributed by atoms with Crippen molar-refractivity contribution in [3.05, 3.63) is 34.3 Å². The molecule has 30 heavy (non-hydrogen) atoms. The Bertz CT molecular complexity index is 948. The Morgan fingerprint density at radius 1 is 1.30 bits per heavy atom. The number of carboxylic acids is 1. The first-order valence-corrected chi connectivity index (χ1v) is 10.7. The minimum Gasteiger partial charge on any atom is -0.489 e. The van der Waals surface area contributed by atoms with Gasteiger partial charge in [-0.1, -0.05) is 11.8 Å². The molecule has 8 heteroatoms. The second kappa shape index (κ2) is 9.26. The quantitative estimate of drug-likeness (QED) is 0.554. The first-order chi connectivity index (χ1) is 14.3. The van der Waals surface area contributed by atoms with Crippen molar-refractivity contribution >= 4 is 29.4 Å². The Hall–Kier alpha value is -2.92. The molecule has 2 aromatic heterocycles. The minimum absolute atomic E-state index is 0.0357. The zero-order valence-corrected chi connectivity index (χ0v) is 18.1. The van der Waals surface area contributed by atoms with Gasteiger partial charge in [0, 0.05) is 17.5 Å². The first kappa shape index (κ1) is 21.8. The maximum absolute atomic E-state index is 11.9.